The summed E-state index contributed by atoms with van der Waals surface area (Å²) in [7, 11) is 0. The number of pyridine rings is 1. The Bertz CT molecular complexity index is 672. The average Bonchev–Trinajstić information content (AvgIpc) is 2.43. The van der Waals surface area contributed by atoms with Gasteiger partial charge in [0.2, 0.25) is 0 Å². The van der Waals surface area contributed by atoms with Gasteiger partial charge in [0.15, 0.2) is 5.16 Å². The maximum atomic E-state index is 11.8. The number of aromatic amines is 1. The topological polar surface area (TPSA) is 88.6 Å². The van der Waals surface area contributed by atoms with Crippen LogP contribution in [0.5, 0.6) is 0 Å². The van der Waals surface area contributed by atoms with Crippen molar-refractivity contribution in [2.75, 3.05) is 5.75 Å². The molecule has 0 atom stereocenters. The largest absolute Gasteiger partial charge is 0.298 e. The zero-order valence-electron chi connectivity index (χ0n) is 10.6. The second-order valence-electron chi connectivity index (χ2n) is 4.02. The number of H-pyrrole nitrogens is 1. The lowest BCUT2D eigenvalue weighted by Gasteiger charge is -2.01. The Morgan fingerprint density at radius 3 is 2.85 bits per heavy atom. The number of ketones is 1. The number of carbonyl (C=O) groups is 1. The number of aromatic nitrogens is 4. The van der Waals surface area contributed by atoms with Gasteiger partial charge in [-0.1, -0.05) is 23.4 Å². The van der Waals surface area contributed by atoms with Gasteiger partial charge in [0.1, 0.15) is 11.5 Å². The van der Waals surface area contributed by atoms with Gasteiger partial charge in [-0.2, -0.15) is 0 Å². The Kier molecular flexibility index (Phi) is 4.86. The van der Waals surface area contributed by atoms with Crippen molar-refractivity contribution in [2.45, 2.75) is 18.5 Å². The lowest BCUT2D eigenvalue weighted by molar-refractivity contribution is -0.116. The van der Waals surface area contributed by atoms with Gasteiger partial charge in [-0.15, -0.1) is 10.2 Å². The third-order valence-electron chi connectivity index (χ3n) is 2.38. The minimum Gasteiger partial charge on any atom is -0.298 e. The van der Waals surface area contributed by atoms with Gasteiger partial charge >= 0.3 is 0 Å². The number of nitrogens with one attached hydrogen (secondary N) is 1. The number of hydrogen-bond donors (Lipinski definition) is 1. The van der Waals surface area contributed by atoms with E-state index < -0.39 is 0 Å². The molecule has 1 N–H and O–H groups in total. The summed E-state index contributed by atoms with van der Waals surface area (Å²) in [6.07, 6.45) is 1.72. The normalized spacial score (nSPS) is 10.5. The number of rotatable bonds is 5. The van der Waals surface area contributed by atoms with Crippen LogP contribution in [0.15, 0.2) is 28.3 Å². The molecule has 20 heavy (non-hydrogen) atoms. The lowest BCUT2D eigenvalue weighted by Crippen LogP contribution is -2.15. The van der Waals surface area contributed by atoms with Crippen LogP contribution in [0.2, 0.25) is 5.02 Å². The number of carbonyl (C=O) groups excluding carboxylic acids is 1. The van der Waals surface area contributed by atoms with Crippen molar-refractivity contribution >= 4 is 29.1 Å². The standard InChI is InChI=1S/C12H11ClN4O2S/c1-7-11(19)15-12(17-16-7)20-6-10(18)4-9-3-2-8(13)5-14-9/h2-3,5H,4,6H2,1H3,(H,15,17,19). The summed E-state index contributed by atoms with van der Waals surface area (Å²) >= 11 is 6.86. The van der Waals surface area contributed by atoms with Gasteiger partial charge in [-0.3, -0.25) is 19.6 Å². The van der Waals surface area contributed by atoms with Crippen LogP contribution in [0.1, 0.15) is 11.4 Å². The summed E-state index contributed by atoms with van der Waals surface area (Å²) in [5, 5.41) is 8.36. The Labute approximate surface area is 124 Å². The van der Waals surface area contributed by atoms with Crippen LogP contribution in [-0.4, -0.2) is 31.7 Å². The average molecular weight is 311 g/mol. The van der Waals surface area contributed by atoms with Crippen LogP contribution < -0.4 is 5.56 Å². The predicted molar refractivity (Wildman–Crippen MR) is 76.1 cm³/mol. The highest BCUT2D eigenvalue weighted by atomic mass is 35.5. The fourth-order valence-electron chi connectivity index (χ4n) is 1.36. The Balaban J connectivity index is 1.90. The molecule has 0 bridgehead atoms. The van der Waals surface area contributed by atoms with E-state index in [9.17, 15) is 9.59 Å². The highest BCUT2D eigenvalue weighted by Crippen LogP contribution is 2.12. The first-order valence-corrected chi connectivity index (χ1v) is 7.09. The van der Waals surface area contributed by atoms with Gasteiger partial charge in [-0.05, 0) is 19.1 Å². The lowest BCUT2D eigenvalue weighted by atomic mass is 10.2. The van der Waals surface area contributed by atoms with E-state index in [0.29, 0.717) is 21.6 Å². The minimum atomic E-state index is -0.297. The monoisotopic (exact) mass is 310 g/mol. The van der Waals surface area contributed by atoms with Crippen LogP contribution in [0.25, 0.3) is 0 Å². The Morgan fingerprint density at radius 2 is 2.20 bits per heavy atom. The number of aryl methyl sites for hydroxylation is 1. The van der Waals surface area contributed by atoms with Crippen molar-refractivity contribution in [3.8, 4) is 0 Å². The van der Waals surface area contributed by atoms with Crippen LogP contribution in [0, 0.1) is 6.92 Å². The molecule has 104 valence electrons. The number of Topliss-reactive ketones (excluding diaryl/α,β-unsaturated/α-hetero) is 1. The minimum absolute atomic E-state index is 0.0203. The first-order chi connectivity index (χ1) is 9.54. The molecule has 0 aliphatic rings. The summed E-state index contributed by atoms with van der Waals surface area (Å²) in [6.45, 7) is 1.57. The van der Waals surface area contributed by atoms with Crippen molar-refractivity contribution in [3.63, 3.8) is 0 Å². The molecule has 0 radical (unpaired) electrons. The Hall–Kier alpha value is -1.73. The van der Waals surface area contributed by atoms with E-state index in [1.807, 2.05) is 0 Å². The number of thioether (sulfide) groups is 1. The molecule has 0 saturated carbocycles. The molecule has 6 nitrogen and oxygen atoms in total. The fraction of sp³-hybridized carbons (Fsp3) is 0.250. The van der Waals surface area contributed by atoms with Crippen molar-refractivity contribution < 1.29 is 4.79 Å². The van der Waals surface area contributed by atoms with Crippen LogP contribution in [0.4, 0.5) is 0 Å². The van der Waals surface area contributed by atoms with Gasteiger partial charge in [0, 0.05) is 18.3 Å². The molecule has 0 fully saturated rings. The molecule has 8 heteroatoms. The number of hydrogen-bond acceptors (Lipinski definition) is 6. The van der Waals surface area contributed by atoms with E-state index in [2.05, 4.69) is 20.2 Å². The van der Waals surface area contributed by atoms with E-state index in [4.69, 9.17) is 11.6 Å². The summed E-state index contributed by atoms with van der Waals surface area (Å²) in [5.74, 6) is 0.172. The molecule has 2 aromatic heterocycles. The first-order valence-electron chi connectivity index (χ1n) is 5.73. The molecule has 0 unspecified atom stereocenters. The van der Waals surface area contributed by atoms with Crippen molar-refractivity contribution in [1.82, 2.24) is 20.2 Å². The molecular formula is C12H11ClN4O2S. The highest BCUT2D eigenvalue weighted by molar-refractivity contribution is 7.99. The summed E-state index contributed by atoms with van der Waals surface area (Å²) in [4.78, 5) is 29.7. The Morgan fingerprint density at radius 1 is 1.40 bits per heavy atom. The first kappa shape index (κ1) is 14.7. The van der Waals surface area contributed by atoms with Gasteiger partial charge in [0.25, 0.3) is 5.56 Å². The number of halogens is 1. The predicted octanol–water partition coefficient (Wildman–Crippen LogP) is 1.43. The van der Waals surface area contributed by atoms with E-state index in [1.54, 1.807) is 19.1 Å². The molecule has 0 aromatic carbocycles. The second kappa shape index (κ2) is 6.62. The third kappa shape index (κ3) is 4.14. The molecule has 0 spiro atoms. The molecule has 2 aromatic rings. The second-order valence-corrected chi connectivity index (χ2v) is 5.42. The molecule has 2 heterocycles. The molecule has 0 amide bonds. The summed E-state index contributed by atoms with van der Waals surface area (Å²) in [6, 6.07) is 3.39. The maximum absolute atomic E-state index is 11.8. The molecule has 0 aliphatic heterocycles. The SMILES string of the molecule is Cc1nnc(SCC(=O)Cc2ccc(Cl)cn2)[nH]c1=O. The van der Waals surface area contributed by atoms with Crippen LogP contribution >= 0.6 is 23.4 Å². The summed E-state index contributed by atoms with van der Waals surface area (Å²) < 4.78 is 0. The molecule has 2 rings (SSSR count). The van der Waals surface area contributed by atoms with Crippen molar-refractivity contribution in [1.29, 1.82) is 0 Å². The van der Waals surface area contributed by atoms with Crippen LogP contribution in [0.3, 0.4) is 0 Å². The van der Waals surface area contributed by atoms with Gasteiger partial charge in [0.05, 0.1) is 10.8 Å². The van der Waals surface area contributed by atoms with Gasteiger partial charge < -0.3 is 0 Å². The van der Waals surface area contributed by atoms with E-state index in [1.165, 1.54) is 6.20 Å². The molecule has 0 aliphatic carbocycles. The molecule has 0 saturated heterocycles. The quantitative estimate of drug-likeness (QED) is 0.840. The molecular weight excluding hydrogens is 300 g/mol. The highest BCUT2D eigenvalue weighted by Gasteiger charge is 2.08. The fourth-order valence-corrected chi connectivity index (χ4v) is 2.13. The van der Waals surface area contributed by atoms with Crippen molar-refractivity contribution in [2.24, 2.45) is 0 Å². The summed E-state index contributed by atoms with van der Waals surface area (Å²) in [5.41, 5.74) is 0.656. The zero-order chi connectivity index (χ0) is 14.5. The van der Waals surface area contributed by atoms with E-state index in [0.717, 1.165) is 11.8 Å². The smallest absolute Gasteiger partial charge is 0.273 e. The van der Waals surface area contributed by atoms with Gasteiger partial charge in [-0.25, -0.2) is 0 Å². The van der Waals surface area contributed by atoms with E-state index in [-0.39, 0.29) is 23.5 Å². The number of nitrogens with zero attached hydrogens (tertiary/aromatic N) is 3. The zero-order valence-corrected chi connectivity index (χ0v) is 12.2. The van der Waals surface area contributed by atoms with Crippen LogP contribution in [-0.2, 0) is 11.2 Å². The van der Waals surface area contributed by atoms with Crippen molar-refractivity contribution in [3.05, 3.63) is 45.1 Å². The maximum Gasteiger partial charge on any atom is 0.273 e. The van der Waals surface area contributed by atoms with E-state index >= 15 is 0 Å². The third-order valence-corrected chi connectivity index (χ3v) is 3.52.